The van der Waals surface area contributed by atoms with Crippen LogP contribution in [0.2, 0.25) is 0 Å². The lowest BCUT2D eigenvalue weighted by Gasteiger charge is -2.37. The molecule has 0 spiro atoms. The lowest BCUT2D eigenvalue weighted by molar-refractivity contribution is 0.439. The SMILES string of the molecule is CC1(C)c2ccccc2-c2ccc(-c3ccc(B4N(c5ccccc5)B(c5ccccc5)N5B(c6ccccc6)N(c6ccccc6)B(c6ccccc6)N45)cc3)cc21. The second-order valence-electron chi connectivity index (χ2n) is 16.5. The van der Waals surface area contributed by atoms with Crippen molar-refractivity contribution in [2.45, 2.75) is 19.3 Å². The molecule has 8 aromatic rings. The monoisotopic (exact) mass is 754 g/mol. The van der Waals surface area contributed by atoms with Gasteiger partial charge in [-0.05, 0) is 85.6 Å². The van der Waals surface area contributed by atoms with Crippen molar-refractivity contribution in [2.24, 2.45) is 0 Å². The average molecular weight is 754 g/mol. The van der Waals surface area contributed by atoms with E-state index < -0.39 is 0 Å². The minimum atomic E-state index is -0.157. The van der Waals surface area contributed by atoms with Crippen LogP contribution in [0.4, 0.5) is 11.4 Å². The standard InChI is InChI=1S/C51H42B4N4/c1-51(2)49-31-19-18-30-47(49)48-37-34-40(38-50(48)51)39-32-35-44(36-33-39)55-57(46-28-16-7-17-29-46)54(43-24-12-5-13-25-43)58-52(41-20-8-3-9-21-41)56(45-26-14-6-15-27-45)53(59(55)58)42-22-10-4-11-23-42/h3-38H,1-2H3. The van der Waals surface area contributed by atoms with E-state index in [1.807, 2.05) is 0 Å². The van der Waals surface area contributed by atoms with Crippen LogP contribution in [0.3, 0.4) is 0 Å². The average Bonchev–Trinajstić information content (AvgIpc) is 3.91. The van der Waals surface area contributed by atoms with E-state index in [-0.39, 0.29) is 33.3 Å². The summed E-state index contributed by atoms with van der Waals surface area (Å²) in [5, 5.41) is 0. The predicted octanol–water partition coefficient (Wildman–Crippen LogP) is 8.10. The Balaban J connectivity index is 1.12. The topological polar surface area (TPSA) is 13.0 Å². The molecule has 0 aromatic heterocycles. The van der Waals surface area contributed by atoms with E-state index in [2.05, 4.69) is 251 Å². The van der Waals surface area contributed by atoms with E-state index in [0.717, 1.165) is 0 Å². The van der Waals surface area contributed by atoms with E-state index in [4.69, 9.17) is 0 Å². The van der Waals surface area contributed by atoms with Crippen LogP contribution >= 0.6 is 0 Å². The van der Waals surface area contributed by atoms with Gasteiger partial charge in [0.1, 0.15) is 0 Å². The third-order valence-electron chi connectivity index (χ3n) is 12.9. The van der Waals surface area contributed by atoms with Gasteiger partial charge in [-0.25, -0.2) is 0 Å². The Morgan fingerprint density at radius 1 is 0.322 bits per heavy atom. The second-order valence-corrected chi connectivity index (χ2v) is 16.5. The molecular weight excluding hydrogens is 712 g/mol. The highest BCUT2D eigenvalue weighted by molar-refractivity contribution is 7.12. The van der Waals surface area contributed by atoms with Crippen molar-refractivity contribution < 1.29 is 0 Å². The van der Waals surface area contributed by atoms with Crippen LogP contribution < -0.4 is 31.3 Å². The van der Waals surface area contributed by atoms with Gasteiger partial charge in [0, 0.05) is 16.8 Å². The quantitative estimate of drug-likeness (QED) is 0.153. The molecule has 59 heavy (non-hydrogen) atoms. The smallest absolute Gasteiger partial charge is 0.370 e. The number of hydrogen-bond donors (Lipinski definition) is 0. The molecule has 3 aliphatic rings. The number of para-hydroxylation sites is 2. The molecule has 0 unspecified atom stereocenters. The maximum atomic E-state index is 2.68. The van der Waals surface area contributed by atoms with Crippen molar-refractivity contribution in [3.8, 4) is 22.3 Å². The van der Waals surface area contributed by atoms with Crippen molar-refractivity contribution >= 4 is 61.2 Å². The summed E-state index contributed by atoms with van der Waals surface area (Å²) in [6.07, 6.45) is 0. The van der Waals surface area contributed by atoms with Gasteiger partial charge in [-0.3, -0.25) is 9.66 Å². The number of benzene rings is 8. The van der Waals surface area contributed by atoms with Gasteiger partial charge in [-0.15, -0.1) is 0 Å². The fourth-order valence-corrected chi connectivity index (χ4v) is 10.2. The lowest BCUT2D eigenvalue weighted by atomic mass is 9.45. The number of nitrogens with zero attached hydrogens (tertiary/aromatic N) is 4. The zero-order valence-electron chi connectivity index (χ0n) is 33.4. The Bertz CT molecular complexity index is 2700. The molecule has 2 saturated heterocycles. The minimum absolute atomic E-state index is 0.0556. The molecule has 0 bridgehead atoms. The van der Waals surface area contributed by atoms with Crippen LogP contribution in [0, 0.1) is 0 Å². The molecule has 1 aliphatic carbocycles. The second kappa shape index (κ2) is 14.4. The van der Waals surface area contributed by atoms with Crippen molar-refractivity contribution in [3.63, 3.8) is 0 Å². The van der Waals surface area contributed by atoms with Gasteiger partial charge >= 0.3 is 27.9 Å². The third kappa shape index (κ3) is 5.81. The normalized spacial score (nSPS) is 15.8. The minimum Gasteiger partial charge on any atom is -0.425 e. The molecule has 0 N–H and O–H groups in total. The molecule has 0 radical (unpaired) electrons. The first kappa shape index (κ1) is 35.7. The highest BCUT2D eigenvalue weighted by Crippen LogP contribution is 2.49. The highest BCUT2D eigenvalue weighted by atomic mass is 15.7. The summed E-state index contributed by atoms with van der Waals surface area (Å²) in [7, 11) is 0. The fourth-order valence-electron chi connectivity index (χ4n) is 10.2. The van der Waals surface area contributed by atoms with Gasteiger partial charge in [0.25, 0.3) is 0 Å². The van der Waals surface area contributed by atoms with Crippen molar-refractivity contribution in [1.82, 2.24) is 9.66 Å². The summed E-state index contributed by atoms with van der Waals surface area (Å²) in [5.74, 6) is 0. The number of fused-ring (bicyclic) bond motifs is 4. The Kier molecular flexibility index (Phi) is 8.72. The van der Waals surface area contributed by atoms with Gasteiger partial charge in [0.2, 0.25) is 0 Å². The molecule has 11 rings (SSSR count). The van der Waals surface area contributed by atoms with Crippen molar-refractivity contribution in [1.29, 1.82) is 0 Å². The largest absolute Gasteiger partial charge is 0.425 e. The third-order valence-corrected chi connectivity index (χ3v) is 12.9. The van der Waals surface area contributed by atoms with Crippen LogP contribution in [0.15, 0.2) is 218 Å². The first-order valence-corrected chi connectivity index (χ1v) is 20.8. The first-order valence-electron chi connectivity index (χ1n) is 20.8. The summed E-state index contributed by atoms with van der Waals surface area (Å²) in [4.78, 5) is 5.34. The van der Waals surface area contributed by atoms with E-state index in [0.29, 0.717) is 0 Å². The van der Waals surface area contributed by atoms with Crippen LogP contribution in [-0.2, 0) is 5.41 Å². The predicted molar refractivity (Wildman–Crippen MR) is 252 cm³/mol. The number of anilines is 2. The van der Waals surface area contributed by atoms with E-state index in [1.165, 1.54) is 66.6 Å². The highest BCUT2D eigenvalue weighted by Gasteiger charge is 2.66. The maximum absolute atomic E-state index is 2.68. The molecule has 2 heterocycles. The molecule has 2 fully saturated rings. The molecule has 0 amide bonds. The molecule has 278 valence electrons. The fraction of sp³-hybridized carbons (Fsp3) is 0.0588. The van der Waals surface area contributed by atoms with Crippen LogP contribution in [0.25, 0.3) is 22.3 Å². The van der Waals surface area contributed by atoms with Crippen LogP contribution in [0.1, 0.15) is 25.0 Å². The van der Waals surface area contributed by atoms with Crippen molar-refractivity contribution in [2.75, 3.05) is 9.44 Å². The van der Waals surface area contributed by atoms with Gasteiger partial charge in [0.05, 0.1) is 0 Å². The van der Waals surface area contributed by atoms with Crippen LogP contribution in [0.5, 0.6) is 0 Å². The Hall–Kier alpha value is -6.46. The molecule has 8 aromatic carbocycles. The Morgan fingerprint density at radius 3 is 1.14 bits per heavy atom. The van der Waals surface area contributed by atoms with Gasteiger partial charge < -0.3 is 9.44 Å². The number of hydrazine groups is 1. The summed E-state index contributed by atoms with van der Waals surface area (Å²) in [6, 6.07) is 80.6. The Morgan fingerprint density at radius 2 is 0.678 bits per heavy atom. The summed E-state index contributed by atoms with van der Waals surface area (Å²) in [6.45, 7) is 4.18. The first-order chi connectivity index (χ1) is 29.1. The van der Waals surface area contributed by atoms with E-state index >= 15 is 0 Å². The maximum Gasteiger partial charge on any atom is 0.370 e. The summed E-state index contributed by atoms with van der Waals surface area (Å²) >= 11 is 0. The molecule has 4 nitrogen and oxygen atoms in total. The van der Waals surface area contributed by atoms with Crippen LogP contribution in [-0.4, -0.2) is 37.6 Å². The molecule has 8 heteroatoms. The van der Waals surface area contributed by atoms with Crippen molar-refractivity contribution in [3.05, 3.63) is 230 Å². The summed E-state index contributed by atoms with van der Waals surface area (Å²) in [5.41, 5.74) is 15.2. The molecular formula is C51H42B4N4. The van der Waals surface area contributed by atoms with E-state index in [1.54, 1.807) is 0 Å². The lowest BCUT2D eigenvalue weighted by Crippen LogP contribution is -2.68. The van der Waals surface area contributed by atoms with Gasteiger partial charge in [0.15, 0.2) is 0 Å². The molecule has 2 aliphatic heterocycles. The van der Waals surface area contributed by atoms with E-state index in [9.17, 15) is 0 Å². The molecule has 0 saturated carbocycles. The zero-order valence-corrected chi connectivity index (χ0v) is 33.4. The number of hydrogen-bond acceptors (Lipinski definition) is 4. The Labute approximate surface area is 349 Å². The summed E-state index contributed by atoms with van der Waals surface area (Å²) < 4.78 is 5.28. The zero-order chi connectivity index (χ0) is 39.5. The van der Waals surface area contributed by atoms with Gasteiger partial charge in [-0.1, -0.05) is 202 Å². The number of rotatable bonds is 7. The molecule has 0 atom stereocenters. The van der Waals surface area contributed by atoms with Gasteiger partial charge in [-0.2, -0.15) is 0 Å².